The fraction of sp³-hybridized carbons (Fsp3) is 0.500. The molecule has 0 aliphatic rings. The molecule has 0 fully saturated rings. The molecule has 4 heteroatoms. The van der Waals surface area contributed by atoms with Gasteiger partial charge in [0.1, 0.15) is 11.4 Å². The SMILES string of the molecule is CC(C)CCCCC(=O)Cc1cc(=O)oc2cc(N(C)C)ccc12. The van der Waals surface area contributed by atoms with Gasteiger partial charge in [0.15, 0.2) is 0 Å². The highest BCUT2D eigenvalue weighted by Crippen LogP contribution is 2.23. The Morgan fingerprint density at radius 1 is 1.17 bits per heavy atom. The first-order valence-electron chi connectivity index (χ1n) is 8.62. The molecule has 2 aromatic rings. The molecule has 0 radical (unpaired) electrons. The van der Waals surface area contributed by atoms with Crippen molar-refractivity contribution in [2.45, 2.75) is 46.0 Å². The van der Waals surface area contributed by atoms with Gasteiger partial charge in [0.05, 0.1) is 0 Å². The van der Waals surface area contributed by atoms with E-state index in [1.54, 1.807) is 0 Å². The minimum absolute atomic E-state index is 0.183. The number of carbonyl (C=O) groups excluding carboxylic acids is 1. The van der Waals surface area contributed by atoms with E-state index in [4.69, 9.17) is 4.42 Å². The molecule has 0 bridgehead atoms. The van der Waals surface area contributed by atoms with E-state index in [-0.39, 0.29) is 5.78 Å². The topological polar surface area (TPSA) is 50.5 Å². The molecule has 0 aliphatic heterocycles. The van der Waals surface area contributed by atoms with Crippen LogP contribution in [0.1, 0.15) is 45.1 Å². The minimum atomic E-state index is -0.402. The number of hydrogen-bond acceptors (Lipinski definition) is 4. The highest BCUT2D eigenvalue weighted by atomic mass is 16.4. The van der Waals surface area contributed by atoms with Gasteiger partial charge in [0.25, 0.3) is 0 Å². The van der Waals surface area contributed by atoms with Crippen molar-refractivity contribution in [2.24, 2.45) is 5.92 Å². The van der Waals surface area contributed by atoms with E-state index in [0.29, 0.717) is 24.3 Å². The van der Waals surface area contributed by atoms with Crippen LogP contribution in [0.2, 0.25) is 0 Å². The standard InChI is InChI=1S/C20H27NO3/c1-14(2)7-5-6-8-17(22)11-15-12-20(23)24-19-13-16(21(3)4)9-10-18(15)19/h9-10,12-14H,5-8,11H2,1-4H3. The van der Waals surface area contributed by atoms with Gasteiger partial charge < -0.3 is 9.32 Å². The molecule has 1 aromatic heterocycles. The molecule has 0 aliphatic carbocycles. The zero-order valence-corrected chi connectivity index (χ0v) is 15.1. The third-order valence-electron chi connectivity index (χ3n) is 4.20. The van der Waals surface area contributed by atoms with Crippen LogP contribution in [-0.2, 0) is 11.2 Å². The zero-order chi connectivity index (χ0) is 17.7. The van der Waals surface area contributed by atoms with Gasteiger partial charge in [-0.05, 0) is 30.0 Å². The van der Waals surface area contributed by atoms with Gasteiger partial charge in [0, 0.05) is 50.1 Å². The van der Waals surface area contributed by atoms with E-state index in [1.165, 1.54) is 6.07 Å². The molecule has 2 rings (SSSR count). The van der Waals surface area contributed by atoms with E-state index in [9.17, 15) is 9.59 Å². The summed E-state index contributed by atoms with van der Waals surface area (Å²) in [5.74, 6) is 0.857. The number of carbonyl (C=O) groups is 1. The minimum Gasteiger partial charge on any atom is -0.423 e. The number of fused-ring (bicyclic) bond motifs is 1. The molecule has 0 atom stereocenters. The second kappa shape index (κ2) is 8.13. The highest BCUT2D eigenvalue weighted by molar-refractivity contribution is 5.89. The first-order chi connectivity index (χ1) is 11.4. The Labute approximate surface area is 143 Å². The van der Waals surface area contributed by atoms with Gasteiger partial charge in [-0.15, -0.1) is 0 Å². The summed E-state index contributed by atoms with van der Waals surface area (Å²) in [4.78, 5) is 26.0. The maximum absolute atomic E-state index is 12.2. The number of Topliss-reactive ketones (excluding diaryl/α,β-unsaturated/α-hetero) is 1. The largest absolute Gasteiger partial charge is 0.423 e. The number of nitrogens with zero attached hydrogens (tertiary/aromatic N) is 1. The van der Waals surface area contributed by atoms with E-state index >= 15 is 0 Å². The van der Waals surface area contributed by atoms with Gasteiger partial charge in [-0.25, -0.2) is 4.79 Å². The molecule has 0 spiro atoms. The molecule has 0 amide bonds. The molecule has 130 valence electrons. The Bertz CT molecular complexity index is 759. The van der Waals surface area contributed by atoms with Crippen LogP contribution in [0.5, 0.6) is 0 Å². The van der Waals surface area contributed by atoms with Crippen molar-refractivity contribution in [1.29, 1.82) is 0 Å². The maximum atomic E-state index is 12.2. The summed E-state index contributed by atoms with van der Waals surface area (Å²) in [7, 11) is 3.87. The van der Waals surface area contributed by atoms with Crippen molar-refractivity contribution in [3.8, 4) is 0 Å². The van der Waals surface area contributed by atoms with Crippen molar-refractivity contribution in [1.82, 2.24) is 0 Å². The lowest BCUT2D eigenvalue weighted by atomic mass is 9.99. The molecular formula is C20H27NO3. The van der Waals surface area contributed by atoms with Crippen LogP contribution >= 0.6 is 0 Å². The monoisotopic (exact) mass is 329 g/mol. The van der Waals surface area contributed by atoms with Crippen molar-refractivity contribution in [3.63, 3.8) is 0 Å². The zero-order valence-electron chi connectivity index (χ0n) is 15.1. The summed E-state index contributed by atoms with van der Waals surface area (Å²) in [6.07, 6.45) is 4.02. The molecular weight excluding hydrogens is 302 g/mol. The van der Waals surface area contributed by atoms with E-state index in [1.807, 2.05) is 37.2 Å². The molecule has 0 unspecified atom stereocenters. The lowest BCUT2D eigenvalue weighted by Gasteiger charge is -2.13. The average molecular weight is 329 g/mol. The summed E-state index contributed by atoms with van der Waals surface area (Å²) in [5.41, 5.74) is 1.86. The van der Waals surface area contributed by atoms with Crippen molar-refractivity contribution in [3.05, 3.63) is 40.2 Å². The Morgan fingerprint density at radius 3 is 2.58 bits per heavy atom. The summed E-state index contributed by atoms with van der Waals surface area (Å²) >= 11 is 0. The first kappa shape index (κ1) is 18.2. The molecule has 0 saturated carbocycles. The smallest absolute Gasteiger partial charge is 0.336 e. The molecule has 0 saturated heterocycles. The van der Waals surface area contributed by atoms with E-state index in [2.05, 4.69) is 13.8 Å². The van der Waals surface area contributed by atoms with Gasteiger partial charge in [-0.3, -0.25) is 4.79 Å². The molecule has 1 heterocycles. The number of benzene rings is 1. The van der Waals surface area contributed by atoms with Crippen LogP contribution in [0, 0.1) is 5.92 Å². The lowest BCUT2D eigenvalue weighted by molar-refractivity contribution is -0.118. The van der Waals surface area contributed by atoms with Crippen molar-refractivity contribution < 1.29 is 9.21 Å². The average Bonchev–Trinajstić information content (AvgIpc) is 2.50. The Morgan fingerprint density at radius 2 is 1.92 bits per heavy atom. The predicted octanol–water partition coefficient (Wildman–Crippen LogP) is 4.19. The van der Waals surface area contributed by atoms with Gasteiger partial charge in [0.2, 0.25) is 0 Å². The van der Waals surface area contributed by atoms with Crippen LogP contribution < -0.4 is 10.5 Å². The molecule has 1 aromatic carbocycles. The van der Waals surface area contributed by atoms with Crippen LogP contribution in [0.4, 0.5) is 5.69 Å². The van der Waals surface area contributed by atoms with Crippen LogP contribution in [0.15, 0.2) is 33.5 Å². The number of anilines is 1. The van der Waals surface area contributed by atoms with Gasteiger partial charge >= 0.3 is 5.63 Å². The van der Waals surface area contributed by atoms with Gasteiger partial charge in [-0.2, -0.15) is 0 Å². The predicted molar refractivity (Wildman–Crippen MR) is 98.8 cm³/mol. The van der Waals surface area contributed by atoms with E-state index < -0.39 is 5.63 Å². The lowest BCUT2D eigenvalue weighted by Crippen LogP contribution is -2.10. The molecule has 24 heavy (non-hydrogen) atoms. The van der Waals surface area contributed by atoms with Crippen LogP contribution in [-0.4, -0.2) is 19.9 Å². The third kappa shape index (κ3) is 4.95. The van der Waals surface area contributed by atoms with Crippen LogP contribution in [0.25, 0.3) is 11.0 Å². The fourth-order valence-corrected chi connectivity index (χ4v) is 2.82. The van der Waals surface area contributed by atoms with Crippen LogP contribution in [0.3, 0.4) is 0 Å². The Kier molecular flexibility index (Phi) is 6.18. The fourth-order valence-electron chi connectivity index (χ4n) is 2.82. The molecule has 4 nitrogen and oxygen atoms in total. The summed E-state index contributed by atoms with van der Waals surface area (Å²) < 4.78 is 5.31. The first-order valence-corrected chi connectivity index (χ1v) is 8.62. The second-order valence-corrected chi connectivity index (χ2v) is 7.02. The van der Waals surface area contributed by atoms with Crippen molar-refractivity contribution >= 4 is 22.4 Å². The maximum Gasteiger partial charge on any atom is 0.336 e. The molecule has 0 N–H and O–H groups in total. The Balaban J connectivity index is 2.13. The number of ketones is 1. The van der Waals surface area contributed by atoms with Crippen molar-refractivity contribution in [2.75, 3.05) is 19.0 Å². The number of rotatable bonds is 8. The quantitative estimate of drug-likeness (QED) is 0.538. The van der Waals surface area contributed by atoms with Gasteiger partial charge in [-0.1, -0.05) is 26.7 Å². The van der Waals surface area contributed by atoms with E-state index in [0.717, 1.165) is 35.9 Å². The normalized spacial score (nSPS) is 11.2. The number of hydrogen-bond donors (Lipinski definition) is 0. The highest BCUT2D eigenvalue weighted by Gasteiger charge is 2.11. The number of unbranched alkanes of at least 4 members (excludes halogenated alkanes) is 1. The third-order valence-corrected chi connectivity index (χ3v) is 4.20. The summed E-state index contributed by atoms with van der Waals surface area (Å²) in [6.45, 7) is 4.39. The second-order valence-electron chi connectivity index (χ2n) is 7.02. The Hall–Kier alpha value is -2.10. The summed E-state index contributed by atoms with van der Waals surface area (Å²) in [5, 5.41) is 0.843. The summed E-state index contributed by atoms with van der Waals surface area (Å²) in [6, 6.07) is 7.19.